The summed E-state index contributed by atoms with van der Waals surface area (Å²) in [4.78, 5) is 10.6. The van der Waals surface area contributed by atoms with E-state index in [0.717, 1.165) is 10.7 Å². The maximum absolute atomic E-state index is 12.5. The molecular weight excluding hydrogens is 346 g/mol. The molecule has 9 heteroatoms. The van der Waals surface area contributed by atoms with E-state index >= 15 is 0 Å². The summed E-state index contributed by atoms with van der Waals surface area (Å²) < 4.78 is 36.7. The van der Waals surface area contributed by atoms with E-state index < -0.39 is 22.5 Å². The molecule has 1 aliphatic heterocycles. The molecule has 0 aromatic heterocycles. The van der Waals surface area contributed by atoms with Crippen molar-refractivity contribution in [1.29, 1.82) is 0 Å². The van der Waals surface area contributed by atoms with E-state index in [2.05, 4.69) is 0 Å². The second-order valence-corrected chi connectivity index (χ2v) is 7.74. The summed E-state index contributed by atoms with van der Waals surface area (Å²) in [5.74, 6) is -0.889. The lowest BCUT2D eigenvalue weighted by molar-refractivity contribution is -0.137. The lowest BCUT2D eigenvalue weighted by atomic mass is 10.1. The first-order valence-electron chi connectivity index (χ1n) is 6.99. The fourth-order valence-corrected chi connectivity index (χ4v) is 3.68. The number of hydrogen-bond acceptors (Lipinski definition) is 5. The van der Waals surface area contributed by atoms with Crippen LogP contribution in [-0.4, -0.2) is 57.2 Å². The van der Waals surface area contributed by atoms with Crippen LogP contribution in [0.4, 0.5) is 0 Å². The molecule has 1 aromatic rings. The molecule has 1 atom stereocenters. The highest BCUT2D eigenvalue weighted by Gasteiger charge is 2.27. The highest BCUT2D eigenvalue weighted by Crippen LogP contribution is 2.30. The first-order valence-corrected chi connectivity index (χ1v) is 8.80. The molecule has 2 rings (SSSR count). The average Bonchev–Trinajstić information content (AvgIpc) is 2.98. The van der Waals surface area contributed by atoms with Crippen molar-refractivity contribution in [3.63, 3.8) is 0 Å². The van der Waals surface area contributed by atoms with Gasteiger partial charge in [-0.05, 0) is 24.6 Å². The Balaban J connectivity index is 2.24. The number of carboxylic acids is 1. The Labute approximate surface area is 139 Å². The molecule has 0 aliphatic carbocycles. The molecule has 0 spiro atoms. The fraction of sp³-hybridized carbons (Fsp3) is 0.500. The number of carbonyl (C=O) groups is 1. The zero-order valence-electron chi connectivity index (χ0n) is 12.6. The van der Waals surface area contributed by atoms with E-state index in [1.807, 2.05) is 0 Å². The number of aliphatic carboxylic acids is 1. The zero-order valence-corrected chi connectivity index (χ0v) is 14.1. The summed E-state index contributed by atoms with van der Waals surface area (Å²) in [6, 6.07) is 4.26. The molecule has 1 aromatic carbocycles. The molecule has 1 N–H and O–H groups in total. The first-order chi connectivity index (χ1) is 10.8. The van der Waals surface area contributed by atoms with Crippen LogP contribution in [-0.2, 0) is 19.6 Å². The number of benzene rings is 1. The summed E-state index contributed by atoms with van der Waals surface area (Å²) in [5, 5.41) is 9.01. The van der Waals surface area contributed by atoms with E-state index in [9.17, 15) is 13.2 Å². The average molecular weight is 364 g/mol. The van der Waals surface area contributed by atoms with E-state index in [4.69, 9.17) is 26.2 Å². The Morgan fingerprint density at radius 3 is 2.87 bits per heavy atom. The van der Waals surface area contributed by atoms with Crippen LogP contribution in [0.25, 0.3) is 0 Å². The molecular formula is C14H18ClNO6S. The van der Waals surface area contributed by atoms with Gasteiger partial charge in [0.2, 0.25) is 10.0 Å². The summed E-state index contributed by atoms with van der Waals surface area (Å²) in [6.45, 7) is 0.924. The van der Waals surface area contributed by atoms with Gasteiger partial charge in [0.25, 0.3) is 0 Å². The Morgan fingerprint density at radius 2 is 2.26 bits per heavy atom. The maximum Gasteiger partial charge on any atom is 0.318 e. The molecule has 1 fully saturated rings. The molecule has 0 saturated carbocycles. The van der Waals surface area contributed by atoms with Crippen LogP contribution >= 0.6 is 11.6 Å². The molecule has 7 nitrogen and oxygen atoms in total. The monoisotopic (exact) mass is 363 g/mol. The number of hydrogen-bond donors (Lipinski definition) is 1. The van der Waals surface area contributed by atoms with Gasteiger partial charge < -0.3 is 14.6 Å². The van der Waals surface area contributed by atoms with E-state index in [1.54, 1.807) is 0 Å². The van der Waals surface area contributed by atoms with Crippen molar-refractivity contribution in [2.45, 2.75) is 11.3 Å². The molecule has 0 bridgehead atoms. The molecule has 1 heterocycles. The Morgan fingerprint density at radius 1 is 1.52 bits per heavy atom. The number of carboxylic acid groups (broad SMARTS) is 1. The fourth-order valence-electron chi connectivity index (χ4n) is 2.17. The van der Waals surface area contributed by atoms with Crippen molar-refractivity contribution >= 4 is 27.6 Å². The largest absolute Gasteiger partial charge is 0.492 e. The molecule has 1 saturated heterocycles. The van der Waals surface area contributed by atoms with Gasteiger partial charge in [-0.3, -0.25) is 4.79 Å². The van der Waals surface area contributed by atoms with Crippen LogP contribution in [0.5, 0.6) is 5.75 Å². The molecule has 128 valence electrons. The van der Waals surface area contributed by atoms with Crippen LogP contribution in [0.3, 0.4) is 0 Å². The minimum absolute atomic E-state index is 0.146. The Hall–Kier alpha value is -1.35. The number of nitrogens with zero attached hydrogens (tertiary/aromatic N) is 1. The molecule has 1 aliphatic rings. The van der Waals surface area contributed by atoms with Gasteiger partial charge in [-0.15, -0.1) is 0 Å². The third-order valence-corrected chi connectivity index (χ3v) is 5.51. The minimum Gasteiger partial charge on any atom is -0.492 e. The van der Waals surface area contributed by atoms with Crippen LogP contribution in [0.1, 0.15) is 6.42 Å². The van der Waals surface area contributed by atoms with Crippen molar-refractivity contribution in [2.75, 3.05) is 33.4 Å². The summed E-state index contributed by atoms with van der Waals surface area (Å²) in [5.41, 5.74) is 0. The van der Waals surface area contributed by atoms with Crippen molar-refractivity contribution < 1.29 is 27.8 Å². The molecule has 23 heavy (non-hydrogen) atoms. The van der Waals surface area contributed by atoms with Crippen LogP contribution in [0, 0.1) is 5.92 Å². The van der Waals surface area contributed by atoms with Gasteiger partial charge in [-0.2, -0.15) is 4.31 Å². The van der Waals surface area contributed by atoms with Gasteiger partial charge in [-0.25, -0.2) is 8.42 Å². The van der Waals surface area contributed by atoms with Crippen molar-refractivity contribution in [3.8, 4) is 5.75 Å². The smallest absolute Gasteiger partial charge is 0.318 e. The van der Waals surface area contributed by atoms with Gasteiger partial charge in [0.05, 0.1) is 13.2 Å². The lowest BCUT2D eigenvalue weighted by Crippen LogP contribution is -2.32. The summed E-state index contributed by atoms with van der Waals surface area (Å²) >= 11 is 5.89. The SMILES string of the molecule is CN(CC(=O)O)S(=O)(=O)c1cc(Cl)ccc1OCC1CCOC1. The number of rotatable bonds is 7. The highest BCUT2D eigenvalue weighted by molar-refractivity contribution is 7.89. The highest BCUT2D eigenvalue weighted by atomic mass is 35.5. The Kier molecular flexibility index (Phi) is 5.85. The lowest BCUT2D eigenvalue weighted by Gasteiger charge is -2.19. The van der Waals surface area contributed by atoms with Gasteiger partial charge >= 0.3 is 5.97 Å². The molecule has 0 radical (unpaired) electrons. The number of ether oxygens (including phenoxy) is 2. The maximum atomic E-state index is 12.5. The topological polar surface area (TPSA) is 93.1 Å². The summed E-state index contributed by atoms with van der Waals surface area (Å²) in [7, 11) is -2.83. The summed E-state index contributed by atoms with van der Waals surface area (Å²) in [6.07, 6.45) is 0.856. The van der Waals surface area contributed by atoms with Gasteiger partial charge in [0, 0.05) is 24.6 Å². The minimum atomic E-state index is -4.02. The quantitative estimate of drug-likeness (QED) is 0.788. The van der Waals surface area contributed by atoms with Crippen LogP contribution in [0.2, 0.25) is 5.02 Å². The van der Waals surface area contributed by atoms with Crippen molar-refractivity contribution in [1.82, 2.24) is 4.31 Å². The van der Waals surface area contributed by atoms with E-state index in [-0.39, 0.29) is 21.6 Å². The van der Waals surface area contributed by atoms with Crippen LogP contribution < -0.4 is 4.74 Å². The third-order valence-electron chi connectivity index (χ3n) is 3.45. The molecule has 0 amide bonds. The molecule has 1 unspecified atom stereocenters. The van der Waals surface area contributed by atoms with Gasteiger partial charge in [0.15, 0.2) is 0 Å². The number of sulfonamides is 1. The van der Waals surface area contributed by atoms with Crippen molar-refractivity contribution in [3.05, 3.63) is 23.2 Å². The van der Waals surface area contributed by atoms with Gasteiger partial charge in [0.1, 0.15) is 17.2 Å². The second-order valence-electron chi connectivity index (χ2n) is 5.29. The zero-order chi connectivity index (χ0) is 17.0. The van der Waals surface area contributed by atoms with E-state index in [1.165, 1.54) is 25.2 Å². The second kappa shape index (κ2) is 7.48. The van der Waals surface area contributed by atoms with Gasteiger partial charge in [-0.1, -0.05) is 11.6 Å². The van der Waals surface area contributed by atoms with E-state index in [0.29, 0.717) is 19.8 Å². The standard InChI is InChI=1S/C14H18ClNO6S/c1-16(7-14(17)18)23(19,20)13-6-11(15)2-3-12(13)22-9-10-4-5-21-8-10/h2-3,6,10H,4-5,7-9H2,1H3,(H,17,18). The number of likely N-dealkylation sites (N-methyl/N-ethyl adjacent to an activating group) is 1. The first kappa shape index (κ1) is 18.0. The van der Waals surface area contributed by atoms with Crippen LogP contribution in [0.15, 0.2) is 23.1 Å². The van der Waals surface area contributed by atoms with Crippen molar-refractivity contribution in [2.24, 2.45) is 5.92 Å². The third kappa shape index (κ3) is 4.57. The number of halogens is 1. The predicted molar refractivity (Wildman–Crippen MR) is 83.3 cm³/mol. The Bertz CT molecular complexity index is 672. The predicted octanol–water partition coefficient (Wildman–Crippen LogP) is 1.46. The normalized spacial score (nSPS) is 18.3.